The summed E-state index contributed by atoms with van der Waals surface area (Å²) >= 11 is 0. The quantitative estimate of drug-likeness (QED) is 0.240. The number of rotatable bonds is 6. The van der Waals surface area contributed by atoms with Crippen LogP contribution in [0.2, 0.25) is 0 Å². The SMILES string of the molecule is CCCCC1=[C-]CC=C1.CCCCC1=[C-]CC=C1.Oc1ccccc1C(F)(F)F.Oc1ccccc1C(F)(F)F.[Zr+2]. The monoisotopic (exact) mass is 656 g/mol. The molecule has 2 nitrogen and oxygen atoms in total. The summed E-state index contributed by atoms with van der Waals surface area (Å²) in [6.45, 7) is 4.44. The van der Waals surface area contributed by atoms with E-state index in [0.717, 1.165) is 37.1 Å². The van der Waals surface area contributed by atoms with Gasteiger partial charge in [0.2, 0.25) is 0 Å². The Balaban J connectivity index is 0.000000518. The fourth-order valence-corrected chi connectivity index (χ4v) is 3.40. The van der Waals surface area contributed by atoms with E-state index < -0.39 is 35.0 Å². The van der Waals surface area contributed by atoms with Gasteiger partial charge in [-0.3, -0.25) is 12.2 Å². The number of hydrogen-bond donors (Lipinski definition) is 2. The first-order valence-corrected chi connectivity index (χ1v) is 13.1. The summed E-state index contributed by atoms with van der Waals surface area (Å²) in [4.78, 5) is 0. The number of aromatic hydroxyl groups is 2. The first kappa shape index (κ1) is 38.5. The molecule has 0 aliphatic heterocycles. The van der Waals surface area contributed by atoms with Gasteiger partial charge in [0.1, 0.15) is 11.5 Å². The molecule has 2 N–H and O–H groups in total. The van der Waals surface area contributed by atoms with Crippen molar-refractivity contribution in [2.75, 3.05) is 0 Å². The zero-order valence-corrected chi connectivity index (χ0v) is 25.7. The molecule has 0 spiro atoms. The van der Waals surface area contributed by atoms with Crippen LogP contribution < -0.4 is 0 Å². The second kappa shape index (κ2) is 20.4. The van der Waals surface area contributed by atoms with Crippen molar-refractivity contribution in [3.8, 4) is 11.5 Å². The van der Waals surface area contributed by atoms with Gasteiger partial charge in [0.25, 0.3) is 0 Å². The predicted octanol–water partition coefficient (Wildman–Crippen LogP) is 10.6. The van der Waals surface area contributed by atoms with Gasteiger partial charge in [0.15, 0.2) is 0 Å². The minimum Gasteiger partial charge on any atom is -0.507 e. The molecule has 222 valence electrons. The molecular formula is C32H36F6O2Zr. The van der Waals surface area contributed by atoms with Crippen molar-refractivity contribution in [3.63, 3.8) is 0 Å². The molecule has 0 saturated heterocycles. The van der Waals surface area contributed by atoms with Crippen molar-refractivity contribution in [2.45, 2.75) is 77.6 Å². The summed E-state index contributed by atoms with van der Waals surface area (Å²) < 4.78 is 71.3. The molecule has 2 aliphatic rings. The van der Waals surface area contributed by atoms with Crippen LogP contribution in [-0.4, -0.2) is 10.2 Å². The Morgan fingerprint density at radius 3 is 1.20 bits per heavy atom. The molecule has 0 unspecified atom stereocenters. The van der Waals surface area contributed by atoms with Gasteiger partial charge in [-0.15, -0.1) is 12.8 Å². The summed E-state index contributed by atoms with van der Waals surface area (Å²) in [6.07, 6.45) is 16.1. The molecule has 0 atom stereocenters. The molecule has 0 saturated carbocycles. The number of unbranched alkanes of at least 4 members (excludes halogenated alkanes) is 2. The van der Waals surface area contributed by atoms with E-state index in [9.17, 15) is 26.3 Å². The Bertz CT molecular complexity index is 1040. The first-order valence-electron chi connectivity index (χ1n) is 13.1. The molecule has 0 aromatic heterocycles. The number of benzene rings is 2. The van der Waals surface area contributed by atoms with Gasteiger partial charge in [0, 0.05) is 0 Å². The number of phenolic OH excluding ortho intramolecular Hbond substituents is 2. The van der Waals surface area contributed by atoms with Gasteiger partial charge in [-0.05, 0) is 24.3 Å². The van der Waals surface area contributed by atoms with E-state index >= 15 is 0 Å². The Kier molecular flexibility index (Phi) is 19.1. The summed E-state index contributed by atoms with van der Waals surface area (Å²) in [5.74, 6) is -1.47. The molecule has 41 heavy (non-hydrogen) atoms. The van der Waals surface area contributed by atoms with Crippen LogP contribution in [0.5, 0.6) is 11.5 Å². The Morgan fingerprint density at radius 2 is 0.976 bits per heavy atom. The zero-order chi connectivity index (χ0) is 30.0. The molecule has 0 heterocycles. The third-order valence-electron chi connectivity index (χ3n) is 5.55. The smallest absolute Gasteiger partial charge is 0.507 e. The number of para-hydroxylation sites is 2. The second-order valence-corrected chi connectivity index (χ2v) is 8.85. The van der Waals surface area contributed by atoms with E-state index in [1.165, 1.54) is 73.9 Å². The summed E-state index contributed by atoms with van der Waals surface area (Å²) in [5, 5.41) is 17.5. The van der Waals surface area contributed by atoms with Gasteiger partial charge >= 0.3 is 38.6 Å². The summed E-state index contributed by atoms with van der Waals surface area (Å²) in [7, 11) is 0. The topological polar surface area (TPSA) is 40.5 Å². The van der Waals surface area contributed by atoms with Crippen LogP contribution in [0.15, 0.2) is 84.0 Å². The fourth-order valence-electron chi connectivity index (χ4n) is 3.40. The number of halogens is 6. The molecule has 4 rings (SSSR count). The molecule has 9 heteroatoms. The van der Waals surface area contributed by atoms with Crippen LogP contribution in [0, 0.1) is 12.2 Å². The van der Waals surface area contributed by atoms with Gasteiger partial charge in [-0.2, -0.15) is 38.5 Å². The van der Waals surface area contributed by atoms with E-state index in [0.29, 0.717) is 0 Å². The third kappa shape index (κ3) is 16.5. The fraction of sp³-hybridized carbons (Fsp3) is 0.375. The van der Waals surface area contributed by atoms with Crippen molar-refractivity contribution < 1.29 is 62.8 Å². The zero-order valence-electron chi connectivity index (χ0n) is 23.2. The van der Waals surface area contributed by atoms with Gasteiger partial charge < -0.3 is 10.2 Å². The first-order chi connectivity index (χ1) is 18.9. The van der Waals surface area contributed by atoms with E-state index in [4.69, 9.17) is 10.2 Å². The van der Waals surface area contributed by atoms with Crippen molar-refractivity contribution in [1.82, 2.24) is 0 Å². The van der Waals surface area contributed by atoms with Gasteiger partial charge in [-0.25, -0.2) is 23.3 Å². The number of alkyl halides is 6. The van der Waals surface area contributed by atoms with E-state index in [-0.39, 0.29) is 26.2 Å². The third-order valence-corrected chi connectivity index (χ3v) is 5.55. The summed E-state index contributed by atoms with van der Waals surface area (Å²) in [6, 6.07) is 8.79. The van der Waals surface area contributed by atoms with Crippen LogP contribution in [0.3, 0.4) is 0 Å². The maximum Gasteiger partial charge on any atom is 2.00 e. The van der Waals surface area contributed by atoms with Gasteiger partial charge in [-0.1, -0.05) is 76.6 Å². The van der Waals surface area contributed by atoms with Crippen LogP contribution in [-0.2, 0) is 38.6 Å². The predicted molar refractivity (Wildman–Crippen MR) is 146 cm³/mol. The molecule has 2 aromatic rings. The molecule has 0 amide bonds. The normalized spacial score (nSPS) is 13.4. The van der Waals surface area contributed by atoms with Gasteiger partial charge in [0.05, 0.1) is 11.1 Å². The minimum atomic E-state index is -4.47. The van der Waals surface area contributed by atoms with Crippen molar-refractivity contribution in [2.24, 2.45) is 0 Å². The Labute approximate surface area is 258 Å². The maximum absolute atomic E-state index is 11.9. The standard InChI is InChI=1S/2C9H13.2C7H5F3O.Zr/c2*1-2-3-6-9-7-4-5-8-9;2*8-7(9,10)5-3-1-2-4-6(5)11;/h2*4,7H,2-3,5-6H2,1H3;2*1-4,11H;/q2*-1;;;+2. The molecule has 2 aliphatic carbocycles. The molecule has 2 aromatic carbocycles. The summed E-state index contributed by atoms with van der Waals surface area (Å²) in [5.41, 5.74) is 0.828. The van der Waals surface area contributed by atoms with E-state index in [1.54, 1.807) is 0 Å². The molecular weight excluding hydrogens is 622 g/mol. The van der Waals surface area contributed by atoms with Crippen molar-refractivity contribution >= 4 is 0 Å². The van der Waals surface area contributed by atoms with Crippen LogP contribution in [0.25, 0.3) is 0 Å². The van der Waals surface area contributed by atoms with Crippen molar-refractivity contribution in [1.29, 1.82) is 0 Å². The molecule has 0 fully saturated rings. The van der Waals surface area contributed by atoms with Crippen molar-refractivity contribution in [3.05, 3.63) is 107 Å². The number of allylic oxidation sites excluding steroid dienone is 8. The van der Waals surface area contributed by atoms with Crippen LogP contribution in [0.1, 0.15) is 76.3 Å². The van der Waals surface area contributed by atoms with E-state index in [2.05, 4.69) is 50.3 Å². The number of hydrogen-bond acceptors (Lipinski definition) is 2. The number of phenols is 2. The molecule has 0 radical (unpaired) electrons. The average Bonchev–Trinajstić information content (AvgIpc) is 3.61. The maximum atomic E-state index is 11.9. The second-order valence-electron chi connectivity index (χ2n) is 8.85. The Hall–Kier alpha value is -2.54. The molecule has 0 bridgehead atoms. The van der Waals surface area contributed by atoms with E-state index in [1.807, 2.05) is 0 Å². The Morgan fingerprint density at radius 1 is 0.634 bits per heavy atom. The minimum absolute atomic E-state index is 0. The average molecular weight is 658 g/mol. The van der Waals surface area contributed by atoms with Crippen LogP contribution >= 0.6 is 0 Å². The van der Waals surface area contributed by atoms with Crippen LogP contribution in [0.4, 0.5) is 26.3 Å². The largest absolute Gasteiger partial charge is 2.00 e.